The smallest absolute Gasteiger partial charge is 0.255 e. The second kappa shape index (κ2) is 11.4. The molecule has 2 N–H and O–H groups in total. The number of halogens is 4. The number of benzene rings is 3. The summed E-state index contributed by atoms with van der Waals surface area (Å²) in [5.74, 6) is -2.53. The van der Waals surface area contributed by atoms with Gasteiger partial charge in [0.1, 0.15) is 11.6 Å². The highest BCUT2D eigenvalue weighted by Crippen LogP contribution is 2.34. The van der Waals surface area contributed by atoms with E-state index in [0.29, 0.717) is 57.3 Å². The molecule has 3 aromatic rings. The molecule has 3 aliphatic heterocycles. The number of anilines is 1. The molecule has 1 amide bonds. The number of amides is 1. The van der Waals surface area contributed by atoms with Crippen LogP contribution < -0.4 is 10.6 Å². The maximum atomic E-state index is 14.9. The van der Waals surface area contributed by atoms with Crippen molar-refractivity contribution in [2.75, 3.05) is 39.0 Å². The molecule has 11 heteroatoms. The van der Waals surface area contributed by atoms with Gasteiger partial charge in [0.25, 0.3) is 5.91 Å². The predicted octanol–water partition coefficient (Wildman–Crippen LogP) is 6.07. The standard InChI is InChI=1S/C32H30Cl2F2N6O/c1-32(39-20-8-10-23(25(34)14-20)31(43)42-12-11-21(17-42)41(2)3)38-16-18-15-37-30(28-26(35)5-4-6-27(28)36)24-13-19(33)7-9-22(24)29(18)40-32/h4-10,13-14,16,21,39-40H,11-12,15,17H2,1-3H3. The summed E-state index contributed by atoms with van der Waals surface area (Å²) in [6.45, 7) is 3.35. The maximum Gasteiger partial charge on any atom is 0.255 e. The fourth-order valence-electron chi connectivity index (χ4n) is 5.73. The van der Waals surface area contributed by atoms with E-state index in [2.05, 4.69) is 20.5 Å². The number of likely N-dealkylation sites (N-methyl/N-ethyl adjacent to an activating group) is 1. The van der Waals surface area contributed by atoms with Crippen LogP contribution in [-0.4, -0.2) is 73.2 Å². The average molecular weight is 624 g/mol. The Morgan fingerprint density at radius 3 is 2.56 bits per heavy atom. The molecule has 2 unspecified atom stereocenters. The number of fused-ring (bicyclic) bond motifs is 2. The van der Waals surface area contributed by atoms with Gasteiger partial charge in [0, 0.05) is 52.8 Å². The van der Waals surface area contributed by atoms with E-state index in [0.717, 1.165) is 12.0 Å². The Labute approximate surface area is 258 Å². The molecule has 7 nitrogen and oxygen atoms in total. The Balaban J connectivity index is 1.26. The number of nitrogens with zero attached hydrogens (tertiary/aromatic N) is 4. The van der Waals surface area contributed by atoms with Gasteiger partial charge >= 0.3 is 0 Å². The molecule has 222 valence electrons. The average Bonchev–Trinajstić information content (AvgIpc) is 3.41. The lowest BCUT2D eigenvalue weighted by atomic mass is 9.94. The number of carbonyl (C=O) groups excluding carboxylic acids is 1. The summed E-state index contributed by atoms with van der Waals surface area (Å²) < 4.78 is 29.8. The van der Waals surface area contributed by atoms with Gasteiger partial charge in [-0.05, 0) is 69.9 Å². The number of aliphatic imine (C=N–C) groups is 2. The number of hydrogen-bond acceptors (Lipinski definition) is 6. The van der Waals surface area contributed by atoms with E-state index in [9.17, 15) is 13.6 Å². The quantitative estimate of drug-likeness (QED) is 0.362. The molecule has 43 heavy (non-hydrogen) atoms. The first-order valence-corrected chi connectivity index (χ1v) is 14.7. The summed E-state index contributed by atoms with van der Waals surface area (Å²) in [4.78, 5) is 26.5. The highest BCUT2D eigenvalue weighted by Gasteiger charge is 2.33. The maximum absolute atomic E-state index is 14.9. The van der Waals surface area contributed by atoms with E-state index in [-0.39, 0.29) is 23.7 Å². The van der Waals surface area contributed by atoms with Gasteiger partial charge in [-0.2, -0.15) is 0 Å². The van der Waals surface area contributed by atoms with Gasteiger partial charge in [-0.1, -0.05) is 35.3 Å². The monoisotopic (exact) mass is 622 g/mol. The molecule has 0 spiro atoms. The Morgan fingerprint density at radius 1 is 1.09 bits per heavy atom. The van der Waals surface area contributed by atoms with Crippen LogP contribution in [0.4, 0.5) is 14.5 Å². The molecule has 3 heterocycles. The molecule has 0 saturated carbocycles. The first kappa shape index (κ1) is 29.3. The van der Waals surface area contributed by atoms with E-state index < -0.39 is 17.4 Å². The number of hydrogen-bond donors (Lipinski definition) is 2. The zero-order chi connectivity index (χ0) is 30.5. The van der Waals surface area contributed by atoms with E-state index in [1.165, 1.54) is 18.2 Å². The van der Waals surface area contributed by atoms with Crippen molar-refractivity contribution in [3.05, 3.63) is 104 Å². The topological polar surface area (TPSA) is 72.3 Å². The third-order valence-electron chi connectivity index (χ3n) is 8.05. The van der Waals surface area contributed by atoms with Gasteiger partial charge in [0.05, 0.1) is 34.1 Å². The van der Waals surface area contributed by atoms with Crippen LogP contribution in [0, 0.1) is 11.6 Å². The molecule has 1 fully saturated rings. The second-order valence-electron chi connectivity index (χ2n) is 11.3. The zero-order valence-corrected chi connectivity index (χ0v) is 25.4. The lowest BCUT2D eigenvalue weighted by molar-refractivity contribution is 0.0783. The van der Waals surface area contributed by atoms with Crippen LogP contribution in [0.2, 0.25) is 10.0 Å². The highest BCUT2D eigenvalue weighted by atomic mass is 35.5. The van der Waals surface area contributed by atoms with Crippen molar-refractivity contribution < 1.29 is 13.6 Å². The first-order valence-electron chi connectivity index (χ1n) is 13.9. The number of carbonyl (C=O) groups is 1. The molecule has 3 aliphatic rings. The fourth-order valence-corrected chi connectivity index (χ4v) is 6.17. The molecule has 1 saturated heterocycles. The zero-order valence-electron chi connectivity index (χ0n) is 23.9. The summed E-state index contributed by atoms with van der Waals surface area (Å²) in [6, 6.07) is 14.5. The Kier molecular flexibility index (Phi) is 7.75. The molecular formula is C32H30Cl2F2N6O. The third kappa shape index (κ3) is 5.64. The van der Waals surface area contributed by atoms with E-state index in [1.807, 2.05) is 25.9 Å². The fraction of sp³-hybridized carbons (Fsp3) is 0.281. The van der Waals surface area contributed by atoms with E-state index in [4.69, 9.17) is 28.2 Å². The van der Waals surface area contributed by atoms with Gasteiger partial charge < -0.3 is 20.4 Å². The molecule has 3 aromatic carbocycles. The first-order chi connectivity index (χ1) is 20.5. The molecular weight excluding hydrogens is 593 g/mol. The van der Waals surface area contributed by atoms with Crippen LogP contribution in [0.5, 0.6) is 0 Å². The van der Waals surface area contributed by atoms with Crippen molar-refractivity contribution in [1.29, 1.82) is 0 Å². The van der Waals surface area contributed by atoms with Crippen LogP contribution in [0.15, 0.2) is 70.2 Å². The van der Waals surface area contributed by atoms with Crippen molar-refractivity contribution in [1.82, 2.24) is 15.1 Å². The van der Waals surface area contributed by atoms with Crippen molar-refractivity contribution >= 4 is 52.4 Å². The number of likely N-dealkylation sites (tertiary alicyclic amines) is 1. The molecule has 0 aromatic heterocycles. The minimum absolute atomic E-state index is 0.0912. The van der Waals surface area contributed by atoms with Gasteiger partial charge in [0.2, 0.25) is 5.79 Å². The molecule has 0 radical (unpaired) electrons. The summed E-state index contributed by atoms with van der Waals surface area (Å²) in [7, 11) is 4.04. The Morgan fingerprint density at radius 2 is 1.86 bits per heavy atom. The van der Waals surface area contributed by atoms with Gasteiger partial charge in [0.15, 0.2) is 0 Å². The largest absolute Gasteiger partial charge is 0.345 e. The molecule has 6 rings (SSSR count). The van der Waals surface area contributed by atoms with Crippen LogP contribution in [0.1, 0.15) is 40.4 Å². The minimum atomic E-state index is -1.02. The van der Waals surface area contributed by atoms with Crippen molar-refractivity contribution in [3.8, 4) is 0 Å². The lowest BCUT2D eigenvalue weighted by Gasteiger charge is -2.35. The van der Waals surface area contributed by atoms with Crippen molar-refractivity contribution in [2.24, 2.45) is 9.98 Å². The second-order valence-corrected chi connectivity index (χ2v) is 12.1. The van der Waals surface area contributed by atoms with E-state index in [1.54, 1.807) is 42.6 Å². The Bertz CT molecular complexity index is 1700. The normalized spacial score (nSPS) is 21.3. The summed E-state index contributed by atoms with van der Waals surface area (Å²) in [5, 5.41) is 7.58. The molecule has 0 bridgehead atoms. The summed E-state index contributed by atoms with van der Waals surface area (Å²) in [5.41, 5.74) is 3.69. The van der Waals surface area contributed by atoms with Crippen LogP contribution >= 0.6 is 23.2 Å². The minimum Gasteiger partial charge on any atom is -0.345 e. The highest BCUT2D eigenvalue weighted by molar-refractivity contribution is 6.34. The van der Waals surface area contributed by atoms with Crippen LogP contribution in [-0.2, 0) is 0 Å². The number of nitrogens with one attached hydrogen (secondary N) is 2. The van der Waals surface area contributed by atoms with E-state index >= 15 is 0 Å². The molecule has 2 atom stereocenters. The summed E-state index contributed by atoms with van der Waals surface area (Å²) in [6.07, 6.45) is 2.63. The molecule has 0 aliphatic carbocycles. The SMILES string of the molecule is CN(C)C1CCN(C(=O)c2ccc(NC3(C)N=CC4=C(N3)c3ccc(Cl)cc3C(c3c(F)cccc3F)=NC4)cc2Cl)C1. The van der Waals surface area contributed by atoms with Gasteiger partial charge in [-0.3, -0.25) is 9.79 Å². The van der Waals surface area contributed by atoms with Crippen LogP contribution in [0.25, 0.3) is 5.70 Å². The summed E-state index contributed by atoms with van der Waals surface area (Å²) >= 11 is 13.0. The number of rotatable bonds is 5. The van der Waals surface area contributed by atoms with Gasteiger partial charge in [-0.15, -0.1) is 0 Å². The third-order valence-corrected chi connectivity index (χ3v) is 8.60. The van der Waals surface area contributed by atoms with Crippen molar-refractivity contribution in [3.63, 3.8) is 0 Å². The van der Waals surface area contributed by atoms with Crippen molar-refractivity contribution in [2.45, 2.75) is 25.2 Å². The lowest BCUT2D eigenvalue weighted by Crippen LogP contribution is -2.49. The van der Waals surface area contributed by atoms with Gasteiger partial charge in [-0.25, -0.2) is 13.8 Å². The Hall–Kier alpha value is -3.79. The predicted molar refractivity (Wildman–Crippen MR) is 168 cm³/mol. The van der Waals surface area contributed by atoms with Crippen LogP contribution in [0.3, 0.4) is 0 Å².